The zero-order valence-electron chi connectivity index (χ0n) is 9.03. The second-order valence-electron chi connectivity index (χ2n) is 3.70. The number of Topliss-reactive ketones (excluding diaryl/α,β-unsaturated/α-hetero) is 1. The third kappa shape index (κ3) is 1.50. The van der Waals surface area contributed by atoms with Gasteiger partial charge in [-0.05, 0) is 25.0 Å². The van der Waals surface area contributed by atoms with E-state index in [0.717, 1.165) is 22.0 Å². The predicted octanol–water partition coefficient (Wildman–Crippen LogP) is 2.45. The third-order valence-electron chi connectivity index (χ3n) is 2.58. The van der Waals surface area contributed by atoms with Gasteiger partial charge in [0.1, 0.15) is 5.69 Å². The molecular formula is C12H12N2O. The minimum Gasteiger partial charge on any atom is -0.293 e. The van der Waals surface area contributed by atoms with Crippen LogP contribution in [-0.2, 0) is 0 Å². The molecule has 0 aliphatic rings. The van der Waals surface area contributed by atoms with Gasteiger partial charge in [-0.3, -0.25) is 4.79 Å². The first kappa shape index (κ1) is 9.77. The van der Waals surface area contributed by atoms with E-state index in [-0.39, 0.29) is 5.78 Å². The summed E-state index contributed by atoms with van der Waals surface area (Å²) in [6, 6.07) is 5.93. The highest BCUT2D eigenvalue weighted by atomic mass is 16.1. The first-order valence-electron chi connectivity index (χ1n) is 4.85. The van der Waals surface area contributed by atoms with Crippen molar-refractivity contribution in [3.63, 3.8) is 0 Å². The molecule has 15 heavy (non-hydrogen) atoms. The average molecular weight is 200 g/mol. The molecule has 0 saturated carbocycles. The van der Waals surface area contributed by atoms with E-state index in [2.05, 4.69) is 10.2 Å². The summed E-state index contributed by atoms with van der Waals surface area (Å²) in [6.07, 6.45) is 0. The summed E-state index contributed by atoms with van der Waals surface area (Å²) in [5.41, 5.74) is 3.34. The van der Waals surface area contributed by atoms with Crippen molar-refractivity contribution >= 4 is 16.7 Å². The maximum atomic E-state index is 11.3. The molecule has 1 aromatic carbocycles. The number of carbonyl (C=O) groups excluding carboxylic acids is 1. The Balaban J connectivity index is 2.86. The first-order valence-corrected chi connectivity index (χ1v) is 4.85. The van der Waals surface area contributed by atoms with Gasteiger partial charge in [-0.25, -0.2) is 0 Å². The van der Waals surface area contributed by atoms with Crippen molar-refractivity contribution < 1.29 is 4.79 Å². The minimum atomic E-state index is -0.0385. The van der Waals surface area contributed by atoms with Gasteiger partial charge in [-0.2, -0.15) is 0 Å². The van der Waals surface area contributed by atoms with Gasteiger partial charge in [0, 0.05) is 12.3 Å². The number of aryl methyl sites for hydroxylation is 2. The van der Waals surface area contributed by atoms with Crippen molar-refractivity contribution in [1.29, 1.82) is 0 Å². The summed E-state index contributed by atoms with van der Waals surface area (Å²) < 4.78 is 0. The van der Waals surface area contributed by atoms with Gasteiger partial charge in [-0.15, -0.1) is 10.2 Å². The Morgan fingerprint density at radius 3 is 2.60 bits per heavy atom. The van der Waals surface area contributed by atoms with Crippen LogP contribution in [0.4, 0.5) is 0 Å². The van der Waals surface area contributed by atoms with Gasteiger partial charge in [-0.1, -0.05) is 18.2 Å². The summed E-state index contributed by atoms with van der Waals surface area (Å²) in [5.74, 6) is -0.0385. The molecule has 3 nitrogen and oxygen atoms in total. The quantitative estimate of drug-likeness (QED) is 0.664. The molecule has 0 atom stereocenters. The molecule has 2 aromatic rings. The van der Waals surface area contributed by atoms with Crippen LogP contribution in [0.1, 0.15) is 28.5 Å². The van der Waals surface area contributed by atoms with E-state index in [1.165, 1.54) is 6.92 Å². The predicted molar refractivity (Wildman–Crippen MR) is 59.0 cm³/mol. The first-order chi connectivity index (χ1) is 7.11. The SMILES string of the molecule is CC(=O)c1nnc2c(C)cccc2c1C. The fraction of sp³-hybridized carbons (Fsp3) is 0.250. The number of aromatic nitrogens is 2. The Kier molecular flexibility index (Phi) is 2.23. The maximum Gasteiger partial charge on any atom is 0.180 e. The van der Waals surface area contributed by atoms with Gasteiger partial charge in [0.05, 0.1) is 5.52 Å². The Labute approximate surface area is 88.1 Å². The molecular weight excluding hydrogens is 188 g/mol. The minimum absolute atomic E-state index is 0.0385. The van der Waals surface area contributed by atoms with Crippen LogP contribution in [0.5, 0.6) is 0 Å². The molecule has 76 valence electrons. The standard InChI is InChI=1S/C12H12N2O/c1-7-5-4-6-10-8(2)12(9(3)15)14-13-11(7)10/h4-6H,1-3H3. The van der Waals surface area contributed by atoms with Crippen molar-refractivity contribution in [2.75, 3.05) is 0 Å². The molecule has 0 saturated heterocycles. The van der Waals surface area contributed by atoms with Gasteiger partial charge in [0.25, 0.3) is 0 Å². The van der Waals surface area contributed by atoms with Crippen LogP contribution in [-0.4, -0.2) is 16.0 Å². The highest BCUT2D eigenvalue weighted by Gasteiger charge is 2.10. The molecule has 0 bridgehead atoms. The molecule has 0 spiro atoms. The fourth-order valence-corrected chi connectivity index (χ4v) is 1.73. The summed E-state index contributed by atoms with van der Waals surface area (Å²) in [5, 5.41) is 9.07. The molecule has 0 unspecified atom stereocenters. The lowest BCUT2D eigenvalue weighted by Gasteiger charge is -2.05. The number of fused-ring (bicyclic) bond motifs is 1. The van der Waals surface area contributed by atoms with Crippen molar-refractivity contribution in [2.45, 2.75) is 20.8 Å². The van der Waals surface area contributed by atoms with Crippen LogP contribution in [0.2, 0.25) is 0 Å². The number of ketones is 1. The number of carbonyl (C=O) groups is 1. The van der Waals surface area contributed by atoms with E-state index in [9.17, 15) is 4.79 Å². The molecule has 1 aromatic heterocycles. The second kappa shape index (κ2) is 3.42. The highest BCUT2D eigenvalue weighted by molar-refractivity contribution is 5.98. The summed E-state index contributed by atoms with van der Waals surface area (Å²) in [7, 11) is 0. The van der Waals surface area contributed by atoms with E-state index < -0.39 is 0 Å². The molecule has 0 amide bonds. The zero-order valence-corrected chi connectivity index (χ0v) is 9.03. The maximum absolute atomic E-state index is 11.3. The summed E-state index contributed by atoms with van der Waals surface area (Å²) in [4.78, 5) is 11.3. The smallest absolute Gasteiger partial charge is 0.180 e. The molecule has 0 aliphatic heterocycles. The van der Waals surface area contributed by atoms with E-state index in [1.807, 2.05) is 32.0 Å². The molecule has 0 radical (unpaired) electrons. The Bertz CT molecular complexity index is 547. The highest BCUT2D eigenvalue weighted by Crippen LogP contribution is 2.20. The van der Waals surface area contributed by atoms with Gasteiger partial charge >= 0.3 is 0 Å². The lowest BCUT2D eigenvalue weighted by atomic mass is 10.0. The van der Waals surface area contributed by atoms with Crippen LogP contribution in [0, 0.1) is 13.8 Å². The van der Waals surface area contributed by atoms with Crippen LogP contribution < -0.4 is 0 Å². The normalized spacial score (nSPS) is 10.6. The lowest BCUT2D eigenvalue weighted by Crippen LogP contribution is -2.03. The van der Waals surface area contributed by atoms with E-state index in [1.54, 1.807) is 0 Å². The Hall–Kier alpha value is -1.77. The van der Waals surface area contributed by atoms with E-state index >= 15 is 0 Å². The molecule has 2 rings (SSSR count). The van der Waals surface area contributed by atoms with Gasteiger partial charge in [0.2, 0.25) is 0 Å². The Morgan fingerprint density at radius 2 is 1.93 bits per heavy atom. The van der Waals surface area contributed by atoms with Crippen molar-refractivity contribution in [3.05, 3.63) is 35.0 Å². The molecule has 3 heteroatoms. The van der Waals surface area contributed by atoms with Crippen LogP contribution in [0.15, 0.2) is 18.2 Å². The van der Waals surface area contributed by atoms with Crippen LogP contribution >= 0.6 is 0 Å². The molecule has 0 N–H and O–H groups in total. The van der Waals surface area contributed by atoms with Crippen LogP contribution in [0.25, 0.3) is 10.9 Å². The lowest BCUT2D eigenvalue weighted by molar-refractivity contribution is 0.101. The fourth-order valence-electron chi connectivity index (χ4n) is 1.73. The van der Waals surface area contributed by atoms with E-state index in [4.69, 9.17) is 0 Å². The zero-order chi connectivity index (χ0) is 11.0. The van der Waals surface area contributed by atoms with Gasteiger partial charge in [0.15, 0.2) is 5.78 Å². The van der Waals surface area contributed by atoms with Crippen molar-refractivity contribution in [3.8, 4) is 0 Å². The monoisotopic (exact) mass is 200 g/mol. The largest absolute Gasteiger partial charge is 0.293 e. The number of rotatable bonds is 1. The molecule has 0 fully saturated rings. The topological polar surface area (TPSA) is 42.9 Å². The molecule has 1 heterocycles. The number of hydrogen-bond acceptors (Lipinski definition) is 3. The average Bonchev–Trinajstić information content (AvgIpc) is 2.19. The number of benzene rings is 1. The van der Waals surface area contributed by atoms with Crippen molar-refractivity contribution in [2.24, 2.45) is 0 Å². The van der Waals surface area contributed by atoms with Gasteiger partial charge < -0.3 is 0 Å². The summed E-state index contributed by atoms with van der Waals surface area (Å²) in [6.45, 7) is 5.41. The number of hydrogen-bond donors (Lipinski definition) is 0. The Morgan fingerprint density at radius 1 is 1.20 bits per heavy atom. The summed E-state index contributed by atoms with van der Waals surface area (Å²) >= 11 is 0. The molecule has 0 aliphatic carbocycles. The second-order valence-corrected chi connectivity index (χ2v) is 3.70. The van der Waals surface area contributed by atoms with Crippen LogP contribution in [0.3, 0.4) is 0 Å². The van der Waals surface area contributed by atoms with Crippen molar-refractivity contribution in [1.82, 2.24) is 10.2 Å². The third-order valence-corrected chi connectivity index (χ3v) is 2.58. The van der Waals surface area contributed by atoms with E-state index in [0.29, 0.717) is 5.69 Å². The number of nitrogens with zero attached hydrogens (tertiary/aromatic N) is 2.